The van der Waals surface area contributed by atoms with E-state index in [1.165, 1.54) is 11.3 Å². The van der Waals surface area contributed by atoms with Crippen molar-refractivity contribution in [2.24, 2.45) is 0 Å². The van der Waals surface area contributed by atoms with Crippen LogP contribution in [-0.2, 0) is 0 Å². The molecule has 1 unspecified atom stereocenters. The molecule has 2 rings (SSSR count). The number of hydrogen-bond donors (Lipinski definition) is 1. The topological polar surface area (TPSA) is 30.5 Å². The van der Waals surface area contributed by atoms with Crippen LogP contribution in [0.1, 0.15) is 46.1 Å². The Labute approximate surface area is 109 Å². The SMILES string of the molecule is CC(C)Oc1cc2c(cc1OC(C)C)C(C)CN2. The quantitative estimate of drug-likeness (QED) is 0.880. The van der Waals surface area contributed by atoms with Gasteiger partial charge >= 0.3 is 0 Å². The summed E-state index contributed by atoms with van der Waals surface area (Å²) in [6, 6.07) is 4.19. The molecule has 0 aliphatic carbocycles. The lowest BCUT2D eigenvalue weighted by Gasteiger charge is -2.18. The second-order valence-electron chi connectivity index (χ2n) is 5.50. The van der Waals surface area contributed by atoms with Gasteiger partial charge in [-0.2, -0.15) is 0 Å². The number of nitrogens with one attached hydrogen (secondary N) is 1. The van der Waals surface area contributed by atoms with E-state index in [4.69, 9.17) is 9.47 Å². The zero-order valence-electron chi connectivity index (χ0n) is 11.9. The van der Waals surface area contributed by atoms with E-state index in [0.717, 1.165) is 18.0 Å². The average molecular weight is 249 g/mol. The number of ether oxygens (including phenoxy) is 2. The summed E-state index contributed by atoms with van der Waals surface area (Å²) in [6.45, 7) is 11.3. The maximum absolute atomic E-state index is 5.87. The minimum atomic E-state index is 0.149. The number of fused-ring (bicyclic) bond motifs is 1. The molecule has 0 fully saturated rings. The van der Waals surface area contributed by atoms with Gasteiger partial charge in [-0.25, -0.2) is 0 Å². The van der Waals surface area contributed by atoms with Crippen LogP contribution < -0.4 is 14.8 Å². The van der Waals surface area contributed by atoms with E-state index in [1.807, 2.05) is 27.7 Å². The van der Waals surface area contributed by atoms with Crippen LogP contribution in [0, 0.1) is 0 Å². The predicted molar refractivity (Wildman–Crippen MR) is 74.9 cm³/mol. The highest BCUT2D eigenvalue weighted by atomic mass is 16.5. The fourth-order valence-electron chi connectivity index (χ4n) is 2.20. The van der Waals surface area contributed by atoms with Gasteiger partial charge in [0.1, 0.15) is 0 Å². The van der Waals surface area contributed by atoms with Crippen LogP contribution in [0.15, 0.2) is 12.1 Å². The summed E-state index contributed by atoms with van der Waals surface area (Å²) < 4.78 is 11.7. The van der Waals surface area contributed by atoms with Crippen LogP contribution in [0.5, 0.6) is 11.5 Å². The second kappa shape index (κ2) is 5.09. The van der Waals surface area contributed by atoms with E-state index in [0.29, 0.717) is 5.92 Å². The van der Waals surface area contributed by atoms with E-state index in [2.05, 4.69) is 24.4 Å². The molecule has 0 radical (unpaired) electrons. The van der Waals surface area contributed by atoms with Gasteiger partial charge in [0.25, 0.3) is 0 Å². The smallest absolute Gasteiger partial charge is 0.163 e. The Morgan fingerprint density at radius 2 is 1.61 bits per heavy atom. The van der Waals surface area contributed by atoms with Crippen molar-refractivity contribution in [3.63, 3.8) is 0 Å². The van der Waals surface area contributed by atoms with Crippen LogP contribution >= 0.6 is 0 Å². The van der Waals surface area contributed by atoms with Crippen LogP contribution in [0.25, 0.3) is 0 Å². The fraction of sp³-hybridized carbons (Fsp3) is 0.600. The van der Waals surface area contributed by atoms with E-state index in [1.54, 1.807) is 0 Å². The van der Waals surface area contributed by atoms with Crippen molar-refractivity contribution >= 4 is 5.69 Å². The molecule has 1 aliphatic heterocycles. The molecule has 0 spiro atoms. The third-order valence-corrected chi connectivity index (χ3v) is 2.97. The molecule has 0 amide bonds. The Kier molecular flexibility index (Phi) is 3.69. The van der Waals surface area contributed by atoms with Gasteiger partial charge in [-0.05, 0) is 39.3 Å². The summed E-state index contributed by atoms with van der Waals surface area (Å²) in [5, 5.41) is 3.41. The lowest BCUT2D eigenvalue weighted by atomic mass is 10.0. The van der Waals surface area contributed by atoms with Crippen molar-refractivity contribution in [2.75, 3.05) is 11.9 Å². The third kappa shape index (κ3) is 2.71. The number of rotatable bonds is 4. The van der Waals surface area contributed by atoms with Crippen molar-refractivity contribution in [1.29, 1.82) is 0 Å². The van der Waals surface area contributed by atoms with E-state index in [9.17, 15) is 0 Å². The first-order valence-electron chi connectivity index (χ1n) is 6.72. The molecule has 3 nitrogen and oxygen atoms in total. The molecule has 1 heterocycles. The van der Waals surface area contributed by atoms with Gasteiger partial charge in [0.2, 0.25) is 0 Å². The largest absolute Gasteiger partial charge is 0.487 e. The molecule has 0 aromatic heterocycles. The second-order valence-corrected chi connectivity index (χ2v) is 5.50. The number of anilines is 1. The van der Waals surface area contributed by atoms with Crippen LogP contribution in [0.2, 0.25) is 0 Å². The summed E-state index contributed by atoms with van der Waals surface area (Å²) in [6.07, 6.45) is 0.304. The first-order chi connectivity index (χ1) is 8.47. The molecule has 0 bridgehead atoms. The Hall–Kier alpha value is -1.38. The molecular formula is C15H23NO2. The lowest BCUT2D eigenvalue weighted by molar-refractivity contribution is 0.199. The van der Waals surface area contributed by atoms with E-state index >= 15 is 0 Å². The summed E-state index contributed by atoms with van der Waals surface area (Å²) in [7, 11) is 0. The van der Waals surface area contributed by atoms with Crippen LogP contribution in [0.3, 0.4) is 0 Å². The molecule has 1 aromatic carbocycles. The normalized spacial score (nSPS) is 17.8. The summed E-state index contributed by atoms with van der Waals surface area (Å²) >= 11 is 0. The molecule has 3 heteroatoms. The maximum atomic E-state index is 5.87. The maximum Gasteiger partial charge on any atom is 0.163 e. The van der Waals surface area contributed by atoms with Gasteiger partial charge in [0.05, 0.1) is 12.2 Å². The highest BCUT2D eigenvalue weighted by Crippen LogP contribution is 2.41. The van der Waals surface area contributed by atoms with Gasteiger partial charge in [-0.1, -0.05) is 6.92 Å². The molecule has 1 atom stereocenters. The van der Waals surface area contributed by atoms with Gasteiger partial charge < -0.3 is 14.8 Å². The fourth-order valence-corrected chi connectivity index (χ4v) is 2.20. The zero-order chi connectivity index (χ0) is 13.3. The van der Waals surface area contributed by atoms with Crippen molar-refractivity contribution in [3.05, 3.63) is 17.7 Å². The monoisotopic (exact) mass is 249 g/mol. The van der Waals surface area contributed by atoms with Gasteiger partial charge in [-0.15, -0.1) is 0 Å². The minimum absolute atomic E-state index is 0.149. The third-order valence-electron chi connectivity index (χ3n) is 2.97. The molecule has 100 valence electrons. The van der Waals surface area contributed by atoms with Gasteiger partial charge in [-0.3, -0.25) is 0 Å². The zero-order valence-corrected chi connectivity index (χ0v) is 11.9. The Balaban J connectivity index is 2.37. The molecule has 0 saturated heterocycles. The minimum Gasteiger partial charge on any atom is -0.487 e. The van der Waals surface area contributed by atoms with E-state index in [-0.39, 0.29) is 12.2 Å². The highest BCUT2D eigenvalue weighted by molar-refractivity contribution is 5.64. The standard InChI is InChI=1S/C15H23NO2/c1-9(2)17-14-6-12-11(5)8-16-13(12)7-15(14)18-10(3)4/h6-7,9-11,16H,8H2,1-5H3. The molecule has 1 N–H and O–H groups in total. The lowest BCUT2D eigenvalue weighted by Crippen LogP contribution is -2.11. The molecule has 1 aliphatic rings. The number of hydrogen-bond acceptors (Lipinski definition) is 3. The van der Waals surface area contributed by atoms with Crippen molar-refractivity contribution in [2.45, 2.75) is 52.7 Å². The van der Waals surface area contributed by atoms with Gasteiger partial charge in [0, 0.05) is 24.2 Å². The van der Waals surface area contributed by atoms with Crippen molar-refractivity contribution < 1.29 is 9.47 Å². The summed E-state index contributed by atoms with van der Waals surface area (Å²) in [5.41, 5.74) is 2.50. The van der Waals surface area contributed by atoms with E-state index < -0.39 is 0 Å². The van der Waals surface area contributed by atoms with Crippen molar-refractivity contribution in [3.8, 4) is 11.5 Å². The Morgan fingerprint density at radius 3 is 2.17 bits per heavy atom. The summed E-state index contributed by atoms with van der Waals surface area (Å²) in [4.78, 5) is 0. The van der Waals surface area contributed by atoms with Crippen LogP contribution in [-0.4, -0.2) is 18.8 Å². The Morgan fingerprint density at radius 1 is 1.06 bits per heavy atom. The highest BCUT2D eigenvalue weighted by Gasteiger charge is 2.22. The van der Waals surface area contributed by atoms with Crippen molar-refractivity contribution in [1.82, 2.24) is 0 Å². The molecular weight excluding hydrogens is 226 g/mol. The molecule has 1 aromatic rings. The molecule has 18 heavy (non-hydrogen) atoms. The summed E-state index contributed by atoms with van der Waals surface area (Å²) in [5.74, 6) is 2.22. The van der Waals surface area contributed by atoms with Crippen LogP contribution in [0.4, 0.5) is 5.69 Å². The Bertz CT molecular complexity index is 427. The molecule has 0 saturated carbocycles. The first-order valence-corrected chi connectivity index (χ1v) is 6.72. The first kappa shape index (κ1) is 13.1. The van der Waals surface area contributed by atoms with Gasteiger partial charge in [0.15, 0.2) is 11.5 Å². The predicted octanol–water partition coefficient (Wildman–Crippen LogP) is 3.79. The number of benzene rings is 1. The average Bonchev–Trinajstić information content (AvgIpc) is 2.59.